The van der Waals surface area contributed by atoms with Gasteiger partial charge in [0.25, 0.3) is 0 Å². The standard InChI is InChI=1S/C27H27N3O3/c1-3-32-26-18-25(30(33-26)22-12-8-5-9-13-22)24-19-29(21-10-6-4-7-11-21)28-27(24)20-14-16-23(31-2)17-15-20/h4-17,19,25-26H,3,18H2,1-2H3/t25-,26-/m0/s1. The van der Waals surface area contributed by atoms with E-state index in [2.05, 4.69) is 30.5 Å². The molecule has 6 nitrogen and oxygen atoms in total. The molecule has 0 amide bonds. The molecule has 2 heterocycles. The zero-order valence-electron chi connectivity index (χ0n) is 18.8. The van der Waals surface area contributed by atoms with E-state index in [0.29, 0.717) is 13.0 Å². The molecule has 6 heteroatoms. The van der Waals surface area contributed by atoms with E-state index in [1.54, 1.807) is 7.11 Å². The van der Waals surface area contributed by atoms with Gasteiger partial charge < -0.3 is 9.47 Å². The van der Waals surface area contributed by atoms with Crippen molar-refractivity contribution in [2.24, 2.45) is 0 Å². The fourth-order valence-electron chi connectivity index (χ4n) is 4.19. The number of anilines is 1. The highest BCUT2D eigenvalue weighted by atomic mass is 16.8. The molecule has 0 bridgehead atoms. The SMILES string of the molecule is CCO[C@@H]1C[C@@H](c2cn(-c3ccccc3)nc2-c2ccc(OC)cc2)N(c2ccccc2)O1. The Morgan fingerprint density at radius 2 is 1.58 bits per heavy atom. The highest BCUT2D eigenvalue weighted by molar-refractivity contribution is 5.66. The van der Waals surface area contributed by atoms with Crippen LogP contribution >= 0.6 is 0 Å². The van der Waals surface area contributed by atoms with Gasteiger partial charge in [0, 0.05) is 30.4 Å². The third kappa shape index (κ3) is 4.35. The van der Waals surface area contributed by atoms with Crippen LogP contribution in [0, 0.1) is 0 Å². The summed E-state index contributed by atoms with van der Waals surface area (Å²) in [5.41, 5.74) is 5.00. The lowest BCUT2D eigenvalue weighted by Crippen LogP contribution is -2.22. The Bertz CT molecular complexity index is 1180. The van der Waals surface area contributed by atoms with E-state index < -0.39 is 0 Å². The summed E-state index contributed by atoms with van der Waals surface area (Å²) in [6, 6.07) is 28.2. The van der Waals surface area contributed by atoms with E-state index in [9.17, 15) is 0 Å². The Labute approximate surface area is 193 Å². The van der Waals surface area contributed by atoms with Gasteiger partial charge in [0.15, 0.2) is 6.29 Å². The lowest BCUT2D eigenvalue weighted by Gasteiger charge is -2.24. The number of methoxy groups -OCH3 is 1. The second kappa shape index (κ2) is 9.48. The average molecular weight is 442 g/mol. The molecular formula is C27H27N3O3. The number of hydroxylamine groups is 1. The minimum atomic E-state index is -0.316. The molecular weight excluding hydrogens is 414 g/mol. The number of benzene rings is 3. The predicted octanol–water partition coefficient (Wildman–Crippen LogP) is 5.79. The third-order valence-electron chi connectivity index (χ3n) is 5.78. The lowest BCUT2D eigenvalue weighted by atomic mass is 10.00. The van der Waals surface area contributed by atoms with Gasteiger partial charge in [0.1, 0.15) is 5.75 Å². The number of para-hydroxylation sites is 2. The molecule has 1 fully saturated rings. The summed E-state index contributed by atoms with van der Waals surface area (Å²) >= 11 is 0. The van der Waals surface area contributed by atoms with E-state index in [1.165, 1.54) is 0 Å². The van der Waals surface area contributed by atoms with Gasteiger partial charge in [-0.2, -0.15) is 5.10 Å². The normalized spacial score (nSPS) is 17.9. The Morgan fingerprint density at radius 1 is 0.909 bits per heavy atom. The zero-order chi connectivity index (χ0) is 22.6. The van der Waals surface area contributed by atoms with Gasteiger partial charge in [-0.3, -0.25) is 0 Å². The minimum Gasteiger partial charge on any atom is -0.497 e. The number of aromatic nitrogens is 2. The van der Waals surface area contributed by atoms with Crippen LogP contribution in [-0.2, 0) is 9.57 Å². The van der Waals surface area contributed by atoms with Crippen LogP contribution in [0.1, 0.15) is 24.9 Å². The fourth-order valence-corrected chi connectivity index (χ4v) is 4.19. The molecule has 168 valence electrons. The first kappa shape index (κ1) is 21.2. The van der Waals surface area contributed by atoms with Gasteiger partial charge >= 0.3 is 0 Å². The highest BCUT2D eigenvalue weighted by Crippen LogP contribution is 2.42. The first-order valence-corrected chi connectivity index (χ1v) is 11.2. The predicted molar refractivity (Wildman–Crippen MR) is 128 cm³/mol. The quantitative estimate of drug-likeness (QED) is 0.363. The second-order valence-corrected chi connectivity index (χ2v) is 7.84. The molecule has 1 aromatic heterocycles. The van der Waals surface area contributed by atoms with E-state index in [1.807, 2.05) is 77.3 Å². The maximum atomic E-state index is 6.25. The van der Waals surface area contributed by atoms with Crippen LogP contribution in [-0.4, -0.2) is 29.8 Å². The van der Waals surface area contributed by atoms with Crippen LogP contribution in [0.4, 0.5) is 5.69 Å². The summed E-state index contributed by atoms with van der Waals surface area (Å²) in [5, 5.41) is 6.96. The van der Waals surface area contributed by atoms with E-state index in [4.69, 9.17) is 19.4 Å². The van der Waals surface area contributed by atoms with Crippen LogP contribution in [0.25, 0.3) is 16.9 Å². The lowest BCUT2D eigenvalue weighted by molar-refractivity contribution is -0.115. The summed E-state index contributed by atoms with van der Waals surface area (Å²) in [6.07, 6.45) is 2.49. The van der Waals surface area contributed by atoms with Gasteiger partial charge in [0.2, 0.25) is 0 Å². The summed E-state index contributed by atoms with van der Waals surface area (Å²) in [4.78, 5) is 6.25. The molecule has 4 aromatic rings. The zero-order valence-corrected chi connectivity index (χ0v) is 18.8. The monoisotopic (exact) mass is 441 g/mol. The van der Waals surface area contributed by atoms with Crippen LogP contribution in [0.2, 0.25) is 0 Å². The number of nitrogens with zero attached hydrogens (tertiary/aromatic N) is 3. The fraction of sp³-hybridized carbons (Fsp3) is 0.222. The topological polar surface area (TPSA) is 48.8 Å². The van der Waals surface area contributed by atoms with Crippen molar-refractivity contribution >= 4 is 5.69 Å². The molecule has 0 N–H and O–H groups in total. The molecule has 0 saturated carbocycles. The van der Waals surface area contributed by atoms with Crippen LogP contribution in [0.3, 0.4) is 0 Å². The van der Waals surface area contributed by atoms with Crippen LogP contribution in [0.5, 0.6) is 5.75 Å². The Kier molecular flexibility index (Phi) is 6.11. The second-order valence-electron chi connectivity index (χ2n) is 7.84. The molecule has 0 unspecified atom stereocenters. The molecule has 0 aliphatic carbocycles. The summed E-state index contributed by atoms with van der Waals surface area (Å²) < 4.78 is 13.2. The van der Waals surface area contributed by atoms with E-state index in [-0.39, 0.29) is 12.3 Å². The third-order valence-corrected chi connectivity index (χ3v) is 5.78. The first-order valence-electron chi connectivity index (χ1n) is 11.2. The molecule has 2 atom stereocenters. The maximum Gasteiger partial charge on any atom is 0.186 e. The van der Waals surface area contributed by atoms with Crippen molar-refractivity contribution in [3.05, 3.63) is 96.7 Å². The molecule has 5 rings (SSSR count). The molecule has 1 aliphatic heterocycles. The number of hydrogen-bond acceptors (Lipinski definition) is 5. The number of hydrogen-bond donors (Lipinski definition) is 0. The highest BCUT2D eigenvalue weighted by Gasteiger charge is 2.38. The largest absolute Gasteiger partial charge is 0.497 e. The van der Waals surface area contributed by atoms with Gasteiger partial charge in [0.05, 0.1) is 30.2 Å². The molecule has 1 aliphatic rings. The molecule has 1 saturated heterocycles. The van der Waals surface area contributed by atoms with Crippen LogP contribution < -0.4 is 9.80 Å². The van der Waals surface area contributed by atoms with Crippen molar-refractivity contribution in [3.8, 4) is 22.7 Å². The van der Waals surface area contributed by atoms with E-state index >= 15 is 0 Å². The van der Waals surface area contributed by atoms with Gasteiger partial charge in [-0.25, -0.2) is 14.6 Å². The van der Waals surface area contributed by atoms with Crippen molar-refractivity contribution in [1.29, 1.82) is 0 Å². The summed E-state index contributed by atoms with van der Waals surface area (Å²) in [6.45, 7) is 2.58. The summed E-state index contributed by atoms with van der Waals surface area (Å²) in [7, 11) is 1.67. The van der Waals surface area contributed by atoms with Crippen LogP contribution in [0.15, 0.2) is 91.1 Å². The van der Waals surface area contributed by atoms with Crippen molar-refractivity contribution in [3.63, 3.8) is 0 Å². The van der Waals surface area contributed by atoms with Crippen molar-refractivity contribution in [2.45, 2.75) is 25.7 Å². The Balaban J connectivity index is 1.62. The molecule has 33 heavy (non-hydrogen) atoms. The van der Waals surface area contributed by atoms with Gasteiger partial charge in [-0.05, 0) is 55.5 Å². The van der Waals surface area contributed by atoms with Crippen molar-refractivity contribution in [1.82, 2.24) is 9.78 Å². The van der Waals surface area contributed by atoms with Gasteiger partial charge in [-0.15, -0.1) is 0 Å². The molecule has 3 aromatic carbocycles. The minimum absolute atomic E-state index is 0.0569. The van der Waals surface area contributed by atoms with Gasteiger partial charge in [-0.1, -0.05) is 36.4 Å². The van der Waals surface area contributed by atoms with E-state index in [0.717, 1.165) is 33.9 Å². The first-order chi connectivity index (χ1) is 16.3. The maximum absolute atomic E-state index is 6.25. The van der Waals surface area contributed by atoms with Crippen molar-refractivity contribution < 1.29 is 14.3 Å². The smallest absolute Gasteiger partial charge is 0.186 e. The Hall–Kier alpha value is -3.61. The molecule has 0 spiro atoms. The Morgan fingerprint density at radius 3 is 2.21 bits per heavy atom. The average Bonchev–Trinajstić information content (AvgIpc) is 3.50. The van der Waals surface area contributed by atoms with Crippen molar-refractivity contribution in [2.75, 3.05) is 18.8 Å². The summed E-state index contributed by atoms with van der Waals surface area (Å²) in [5.74, 6) is 0.814. The molecule has 0 radical (unpaired) electrons. The number of ether oxygens (including phenoxy) is 2. The number of rotatable bonds is 7.